The molecule has 4 rings (SSSR count). The number of nitrogens with zero attached hydrogens (tertiary/aromatic N) is 1. The molecule has 0 saturated heterocycles. The number of ether oxygens (including phenoxy) is 3. The Morgan fingerprint density at radius 1 is 1.12 bits per heavy atom. The molecule has 1 aliphatic rings. The summed E-state index contributed by atoms with van der Waals surface area (Å²) >= 11 is 6.01. The molecule has 3 aromatic carbocycles. The molecule has 1 atom stereocenters. The highest BCUT2D eigenvalue weighted by molar-refractivity contribution is 6.30. The van der Waals surface area contributed by atoms with Gasteiger partial charge in [0, 0.05) is 16.7 Å². The van der Waals surface area contributed by atoms with E-state index in [1.165, 1.54) is 0 Å². The molecule has 1 heterocycles. The fraction of sp³-hybridized carbons (Fsp3) is 0.0769. The van der Waals surface area contributed by atoms with Crippen molar-refractivity contribution < 1.29 is 19.0 Å². The van der Waals surface area contributed by atoms with Gasteiger partial charge in [0.05, 0.1) is 11.5 Å². The summed E-state index contributed by atoms with van der Waals surface area (Å²) in [5.41, 5.74) is 8.27. The van der Waals surface area contributed by atoms with E-state index in [1.54, 1.807) is 60.7 Å². The third-order valence-corrected chi connectivity index (χ3v) is 5.31. The molecule has 1 aliphatic heterocycles. The van der Waals surface area contributed by atoms with Gasteiger partial charge in [-0.1, -0.05) is 42.5 Å². The van der Waals surface area contributed by atoms with Crippen LogP contribution in [0.4, 0.5) is 0 Å². The number of fused-ring (bicyclic) bond motifs is 1. The van der Waals surface area contributed by atoms with Crippen molar-refractivity contribution in [1.82, 2.24) is 0 Å². The molecule has 0 aromatic heterocycles. The first-order chi connectivity index (χ1) is 16.0. The number of allylic oxidation sites excluding steroid dienone is 1. The number of esters is 1. The van der Waals surface area contributed by atoms with E-state index in [9.17, 15) is 10.1 Å². The third kappa shape index (κ3) is 4.69. The standard InChI is InChI=1S/C26H19ClN2O4/c1-2-13-31-19-9-5-17(6-10-19)26(30)32-20-11-12-21-23(14-20)33-25(29)22(15-28)24(21)16-3-7-18(27)8-4-16/h2-12,14,24H,1,13,29H2. The van der Waals surface area contributed by atoms with Gasteiger partial charge in [-0.2, -0.15) is 5.26 Å². The topological polar surface area (TPSA) is 94.6 Å². The number of nitriles is 1. The molecular weight excluding hydrogens is 440 g/mol. The quantitative estimate of drug-likeness (QED) is 0.304. The number of rotatable bonds is 6. The summed E-state index contributed by atoms with van der Waals surface area (Å²) in [6, 6.07) is 20.9. The molecule has 0 spiro atoms. The maximum Gasteiger partial charge on any atom is 0.343 e. The van der Waals surface area contributed by atoms with Crippen molar-refractivity contribution in [1.29, 1.82) is 5.26 Å². The number of halogens is 1. The van der Waals surface area contributed by atoms with E-state index in [1.807, 2.05) is 12.1 Å². The molecular formula is C26H19ClN2O4. The Bertz CT molecular complexity index is 1280. The highest BCUT2D eigenvalue weighted by Gasteiger charge is 2.31. The van der Waals surface area contributed by atoms with Gasteiger partial charge in [-0.05, 0) is 48.0 Å². The van der Waals surface area contributed by atoms with Crippen LogP contribution >= 0.6 is 11.6 Å². The predicted molar refractivity (Wildman–Crippen MR) is 124 cm³/mol. The van der Waals surface area contributed by atoms with Gasteiger partial charge in [-0.15, -0.1) is 0 Å². The summed E-state index contributed by atoms with van der Waals surface area (Å²) in [5.74, 6) is 0.361. The molecule has 6 nitrogen and oxygen atoms in total. The molecule has 0 saturated carbocycles. The molecule has 0 aliphatic carbocycles. The molecule has 0 radical (unpaired) electrons. The predicted octanol–water partition coefficient (Wildman–Crippen LogP) is 5.34. The van der Waals surface area contributed by atoms with E-state index < -0.39 is 11.9 Å². The van der Waals surface area contributed by atoms with Gasteiger partial charge in [-0.3, -0.25) is 0 Å². The molecule has 0 fully saturated rings. The Labute approximate surface area is 196 Å². The first kappa shape index (κ1) is 22.0. The summed E-state index contributed by atoms with van der Waals surface area (Å²) in [5, 5.41) is 10.3. The van der Waals surface area contributed by atoms with Crippen molar-refractivity contribution >= 4 is 17.6 Å². The second kappa shape index (κ2) is 9.51. The maximum absolute atomic E-state index is 12.6. The third-order valence-electron chi connectivity index (χ3n) is 5.06. The number of benzene rings is 3. The minimum atomic E-state index is -0.531. The Hall–Kier alpha value is -4.21. The van der Waals surface area contributed by atoms with Crippen molar-refractivity contribution in [2.75, 3.05) is 6.61 Å². The number of carbonyl (C=O) groups excluding carboxylic acids is 1. The maximum atomic E-state index is 12.6. The Balaban J connectivity index is 1.59. The normalized spacial score (nSPS) is 14.5. The van der Waals surface area contributed by atoms with Crippen molar-refractivity contribution in [3.05, 3.63) is 113 Å². The van der Waals surface area contributed by atoms with E-state index in [0.29, 0.717) is 34.3 Å². The van der Waals surface area contributed by atoms with Gasteiger partial charge >= 0.3 is 5.97 Å². The van der Waals surface area contributed by atoms with Gasteiger partial charge in [0.25, 0.3) is 0 Å². The molecule has 0 amide bonds. The molecule has 33 heavy (non-hydrogen) atoms. The van der Waals surface area contributed by atoms with Gasteiger partial charge in [0.2, 0.25) is 5.88 Å². The number of nitrogens with two attached hydrogens (primary N) is 1. The molecule has 3 aromatic rings. The summed E-state index contributed by atoms with van der Waals surface area (Å²) in [4.78, 5) is 12.6. The SMILES string of the molecule is C=CCOc1ccc(C(=O)Oc2ccc3c(c2)OC(N)=C(C#N)C3c2ccc(Cl)cc2)cc1. The summed E-state index contributed by atoms with van der Waals surface area (Å²) in [6.07, 6.45) is 1.64. The van der Waals surface area contributed by atoms with Crippen LogP contribution in [0.1, 0.15) is 27.4 Å². The van der Waals surface area contributed by atoms with E-state index >= 15 is 0 Å². The smallest absolute Gasteiger partial charge is 0.343 e. The zero-order valence-corrected chi connectivity index (χ0v) is 18.2. The van der Waals surface area contributed by atoms with Crippen molar-refractivity contribution in [3.63, 3.8) is 0 Å². The van der Waals surface area contributed by atoms with Gasteiger partial charge in [0.1, 0.15) is 35.5 Å². The summed E-state index contributed by atoms with van der Waals surface area (Å²) < 4.78 is 16.6. The minimum absolute atomic E-state index is 0.00328. The second-order valence-corrected chi connectivity index (χ2v) is 7.63. The van der Waals surface area contributed by atoms with Crippen molar-refractivity contribution in [3.8, 4) is 23.3 Å². The number of hydrogen-bond acceptors (Lipinski definition) is 6. The van der Waals surface area contributed by atoms with Gasteiger partial charge < -0.3 is 19.9 Å². The first-order valence-electron chi connectivity index (χ1n) is 10.0. The number of carbonyl (C=O) groups is 1. The van der Waals surface area contributed by atoms with Gasteiger partial charge in [0.15, 0.2) is 0 Å². The van der Waals surface area contributed by atoms with Crippen LogP contribution in [0.3, 0.4) is 0 Å². The lowest BCUT2D eigenvalue weighted by atomic mass is 9.83. The van der Waals surface area contributed by atoms with Crippen LogP contribution in [-0.2, 0) is 0 Å². The van der Waals surface area contributed by atoms with Crippen LogP contribution in [0, 0.1) is 11.3 Å². The molecule has 0 bridgehead atoms. The monoisotopic (exact) mass is 458 g/mol. The lowest BCUT2D eigenvalue weighted by Crippen LogP contribution is -2.21. The molecule has 2 N–H and O–H groups in total. The zero-order chi connectivity index (χ0) is 23.4. The lowest BCUT2D eigenvalue weighted by Gasteiger charge is -2.26. The Kier molecular flexibility index (Phi) is 6.34. The zero-order valence-electron chi connectivity index (χ0n) is 17.5. The van der Waals surface area contributed by atoms with Crippen LogP contribution in [0.25, 0.3) is 0 Å². The van der Waals surface area contributed by atoms with Crippen molar-refractivity contribution in [2.24, 2.45) is 5.73 Å². The molecule has 1 unspecified atom stereocenters. The summed E-state index contributed by atoms with van der Waals surface area (Å²) in [6.45, 7) is 3.97. The molecule has 164 valence electrons. The Morgan fingerprint density at radius 2 is 1.82 bits per heavy atom. The number of hydrogen-bond donors (Lipinski definition) is 1. The summed E-state index contributed by atoms with van der Waals surface area (Å²) in [7, 11) is 0. The lowest BCUT2D eigenvalue weighted by molar-refractivity contribution is 0.0734. The van der Waals surface area contributed by atoms with Crippen LogP contribution in [0.2, 0.25) is 5.02 Å². The van der Waals surface area contributed by atoms with E-state index in [-0.39, 0.29) is 11.6 Å². The largest absolute Gasteiger partial charge is 0.490 e. The van der Waals surface area contributed by atoms with E-state index in [2.05, 4.69) is 12.6 Å². The van der Waals surface area contributed by atoms with Crippen LogP contribution in [-0.4, -0.2) is 12.6 Å². The highest BCUT2D eigenvalue weighted by atomic mass is 35.5. The average molecular weight is 459 g/mol. The van der Waals surface area contributed by atoms with Crippen LogP contribution < -0.4 is 19.9 Å². The fourth-order valence-corrected chi connectivity index (χ4v) is 3.63. The molecule has 7 heteroatoms. The van der Waals surface area contributed by atoms with Crippen LogP contribution in [0.15, 0.2) is 90.8 Å². The first-order valence-corrected chi connectivity index (χ1v) is 10.4. The van der Waals surface area contributed by atoms with Crippen molar-refractivity contribution in [2.45, 2.75) is 5.92 Å². The Morgan fingerprint density at radius 3 is 2.48 bits per heavy atom. The fourth-order valence-electron chi connectivity index (χ4n) is 3.51. The van der Waals surface area contributed by atoms with E-state index in [4.69, 9.17) is 31.5 Å². The van der Waals surface area contributed by atoms with E-state index in [0.717, 1.165) is 11.1 Å². The highest BCUT2D eigenvalue weighted by Crippen LogP contribution is 2.43. The average Bonchev–Trinajstić information content (AvgIpc) is 2.82. The van der Waals surface area contributed by atoms with Crippen LogP contribution in [0.5, 0.6) is 17.2 Å². The van der Waals surface area contributed by atoms with Gasteiger partial charge in [-0.25, -0.2) is 4.79 Å². The second-order valence-electron chi connectivity index (χ2n) is 7.19. The minimum Gasteiger partial charge on any atom is -0.490 e.